The van der Waals surface area contributed by atoms with E-state index in [2.05, 4.69) is 5.32 Å². The second kappa shape index (κ2) is 8.51. The second-order valence-corrected chi connectivity index (χ2v) is 6.39. The van der Waals surface area contributed by atoms with E-state index in [0.29, 0.717) is 13.0 Å². The summed E-state index contributed by atoms with van der Waals surface area (Å²) in [6.45, 7) is 0.0740. The van der Waals surface area contributed by atoms with Crippen molar-refractivity contribution in [2.75, 3.05) is 25.0 Å². The molecule has 0 radical (unpaired) electrons. The minimum Gasteiger partial charge on any atom is -0.483 e. The first-order chi connectivity index (χ1) is 13.5. The number of hydrogen-bond donors (Lipinski definition) is 2. The van der Waals surface area contributed by atoms with Crippen LogP contribution in [0.15, 0.2) is 48.5 Å². The fraction of sp³-hybridized carbons (Fsp3) is 0.250. The Morgan fingerprint density at radius 2 is 1.86 bits per heavy atom. The lowest BCUT2D eigenvalue weighted by Gasteiger charge is -2.18. The molecule has 7 nitrogen and oxygen atoms in total. The Kier molecular flexibility index (Phi) is 5.88. The Hall–Kier alpha value is -3.42. The van der Waals surface area contributed by atoms with Crippen LogP contribution in [0.5, 0.6) is 5.75 Å². The summed E-state index contributed by atoms with van der Waals surface area (Å²) >= 11 is 0. The number of amides is 2. The number of ether oxygens (including phenoxy) is 1. The largest absolute Gasteiger partial charge is 0.483 e. The first kappa shape index (κ1) is 19.3. The number of nitrogens with one attached hydrogen (secondary N) is 1. The molecule has 8 heteroatoms. The molecule has 0 saturated carbocycles. The molecule has 2 N–H and O–H groups in total. The number of rotatable bonds is 6. The van der Waals surface area contributed by atoms with Crippen LogP contribution in [-0.4, -0.2) is 47.5 Å². The maximum atomic E-state index is 13.6. The lowest BCUT2D eigenvalue weighted by atomic mass is 10.1. The average molecular weight is 386 g/mol. The molecule has 0 spiro atoms. The molecule has 28 heavy (non-hydrogen) atoms. The number of carboxylic acids is 1. The van der Waals surface area contributed by atoms with Crippen LogP contribution in [-0.2, 0) is 9.59 Å². The molecule has 146 valence electrons. The number of para-hydroxylation sites is 2. The Labute approximate surface area is 160 Å². The Morgan fingerprint density at radius 1 is 1.14 bits per heavy atom. The lowest BCUT2D eigenvalue weighted by Crippen LogP contribution is -2.30. The molecule has 2 aromatic rings. The van der Waals surface area contributed by atoms with Gasteiger partial charge in [-0.15, -0.1) is 0 Å². The van der Waals surface area contributed by atoms with Crippen LogP contribution in [0.1, 0.15) is 16.8 Å². The monoisotopic (exact) mass is 386 g/mol. The Balaban J connectivity index is 1.64. The van der Waals surface area contributed by atoms with Gasteiger partial charge in [-0.05, 0) is 30.7 Å². The van der Waals surface area contributed by atoms with Crippen LogP contribution >= 0.6 is 0 Å². The Bertz CT molecular complexity index is 902. The average Bonchev–Trinajstić information content (AvgIpc) is 3.18. The minimum absolute atomic E-state index is 0.0391. The number of benzene rings is 2. The number of carbonyl (C=O) groups excluding carboxylic acids is 2. The highest BCUT2D eigenvalue weighted by atomic mass is 19.1. The molecule has 1 unspecified atom stereocenters. The number of halogens is 1. The summed E-state index contributed by atoms with van der Waals surface area (Å²) < 4.78 is 19.1. The molecule has 0 aliphatic carbocycles. The molecular weight excluding hydrogens is 367 g/mol. The van der Waals surface area contributed by atoms with Crippen LogP contribution in [0.3, 0.4) is 0 Å². The zero-order chi connectivity index (χ0) is 20.1. The van der Waals surface area contributed by atoms with E-state index in [4.69, 9.17) is 9.84 Å². The zero-order valence-corrected chi connectivity index (χ0v) is 14.9. The molecule has 1 aliphatic rings. The van der Waals surface area contributed by atoms with Gasteiger partial charge in [0.2, 0.25) is 0 Å². The first-order valence-electron chi connectivity index (χ1n) is 8.74. The van der Waals surface area contributed by atoms with Crippen molar-refractivity contribution in [3.63, 3.8) is 0 Å². The summed E-state index contributed by atoms with van der Waals surface area (Å²) in [7, 11) is 0. The smallest absolute Gasteiger partial charge is 0.308 e. The van der Waals surface area contributed by atoms with Crippen molar-refractivity contribution in [2.45, 2.75) is 6.42 Å². The molecule has 1 saturated heterocycles. The standard InChI is InChI=1S/C20H19FN2O5/c21-15-6-2-3-7-16(15)22-18(24)12-28-17-8-4-1-5-14(17)19(25)23-10-9-13(11-23)20(26)27/h1-8,13H,9-12H2,(H,22,24)(H,26,27). The van der Waals surface area contributed by atoms with Crippen molar-refractivity contribution in [3.05, 3.63) is 59.9 Å². The fourth-order valence-electron chi connectivity index (χ4n) is 2.98. The maximum Gasteiger partial charge on any atom is 0.308 e. The number of likely N-dealkylation sites (tertiary alicyclic amines) is 1. The topological polar surface area (TPSA) is 95.9 Å². The summed E-state index contributed by atoms with van der Waals surface area (Å²) in [5.41, 5.74) is 0.282. The predicted molar refractivity (Wildman–Crippen MR) is 98.6 cm³/mol. The van der Waals surface area contributed by atoms with Gasteiger partial charge in [-0.2, -0.15) is 0 Å². The minimum atomic E-state index is -0.926. The van der Waals surface area contributed by atoms with Gasteiger partial charge < -0.3 is 20.1 Å². The third-order valence-electron chi connectivity index (χ3n) is 4.45. The fourth-order valence-corrected chi connectivity index (χ4v) is 2.98. The van der Waals surface area contributed by atoms with Crippen LogP contribution < -0.4 is 10.1 Å². The van der Waals surface area contributed by atoms with Gasteiger partial charge in [0.25, 0.3) is 11.8 Å². The van der Waals surface area contributed by atoms with Crippen LogP contribution in [0.25, 0.3) is 0 Å². The van der Waals surface area contributed by atoms with E-state index < -0.39 is 30.2 Å². The normalized spacial score (nSPS) is 15.9. The number of anilines is 1. The third-order valence-corrected chi connectivity index (χ3v) is 4.45. The van der Waals surface area contributed by atoms with Gasteiger partial charge in [-0.3, -0.25) is 14.4 Å². The van der Waals surface area contributed by atoms with E-state index in [9.17, 15) is 18.8 Å². The SMILES string of the molecule is O=C(COc1ccccc1C(=O)N1CCC(C(=O)O)C1)Nc1ccccc1F. The van der Waals surface area contributed by atoms with E-state index in [1.807, 2.05) is 0 Å². The Morgan fingerprint density at radius 3 is 2.57 bits per heavy atom. The number of hydrogen-bond acceptors (Lipinski definition) is 4. The van der Waals surface area contributed by atoms with E-state index in [1.165, 1.54) is 23.1 Å². The second-order valence-electron chi connectivity index (χ2n) is 6.39. The van der Waals surface area contributed by atoms with Crippen molar-refractivity contribution in [3.8, 4) is 5.75 Å². The van der Waals surface area contributed by atoms with Gasteiger partial charge in [-0.1, -0.05) is 24.3 Å². The molecule has 0 aromatic heterocycles. The van der Waals surface area contributed by atoms with Crippen LogP contribution in [0.4, 0.5) is 10.1 Å². The highest BCUT2D eigenvalue weighted by molar-refractivity contribution is 5.98. The molecule has 1 atom stereocenters. The van der Waals surface area contributed by atoms with E-state index in [-0.39, 0.29) is 29.5 Å². The number of carbonyl (C=O) groups is 3. The first-order valence-corrected chi connectivity index (χ1v) is 8.74. The summed E-state index contributed by atoms with van der Waals surface area (Å²) in [5.74, 6) is -2.79. The molecule has 1 heterocycles. The maximum absolute atomic E-state index is 13.6. The van der Waals surface area contributed by atoms with Crippen molar-refractivity contribution in [1.29, 1.82) is 0 Å². The summed E-state index contributed by atoms with van der Waals surface area (Å²) in [6, 6.07) is 12.2. The number of aliphatic carboxylic acids is 1. The van der Waals surface area contributed by atoms with Crippen LogP contribution in [0.2, 0.25) is 0 Å². The molecule has 3 rings (SSSR count). The molecule has 1 fully saturated rings. The lowest BCUT2D eigenvalue weighted by molar-refractivity contribution is -0.141. The van der Waals surface area contributed by atoms with E-state index in [1.54, 1.807) is 30.3 Å². The summed E-state index contributed by atoms with van der Waals surface area (Å²) in [4.78, 5) is 37.3. The molecule has 2 amide bonds. The van der Waals surface area contributed by atoms with Gasteiger partial charge in [0.1, 0.15) is 11.6 Å². The molecule has 2 aromatic carbocycles. The number of nitrogens with zero attached hydrogens (tertiary/aromatic N) is 1. The predicted octanol–water partition coefficient (Wildman–Crippen LogP) is 2.39. The molecular formula is C20H19FN2O5. The third kappa shape index (κ3) is 4.46. The van der Waals surface area contributed by atoms with Gasteiger partial charge in [0.15, 0.2) is 6.61 Å². The zero-order valence-electron chi connectivity index (χ0n) is 14.9. The quantitative estimate of drug-likeness (QED) is 0.795. The van der Waals surface area contributed by atoms with Gasteiger partial charge in [0, 0.05) is 13.1 Å². The van der Waals surface area contributed by atoms with Crippen molar-refractivity contribution in [1.82, 2.24) is 4.90 Å². The molecule has 0 bridgehead atoms. The van der Waals surface area contributed by atoms with Crippen molar-refractivity contribution in [2.24, 2.45) is 5.92 Å². The van der Waals surface area contributed by atoms with Gasteiger partial charge in [-0.25, -0.2) is 4.39 Å². The van der Waals surface area contributed by atoms with Crippen molar-refractivity contribution < 1.29 is 28.6 Å². The highest BCUT2D eigenvalue weighted by Gasteiger charge is 2.32. The van der Waals surface area contributed by atoms with Gasteiger partial charge >= 0.3 is 5.97 Å². The van der Waals surface area contributed by atoms with Crippen molar-refractivity contribution >= 4 is 23.5 Å². The molecule has 1 aliphatic heterocycles. The van der Waals surface area contributed by atoms with Gasteiger partial charge in [0.05, 0.1) is 17.2 Å². The summed E-state index contributed by atoms with van der Waals surface area (Å²) in [6.07, 6.45) is 0.398. The van der Waals surface area contributed by atoms with Crippen LogP contribution in [0, 0.1) is 11.7 Å². The van der Waals surface area contributed by atoms with E-state index in [0.717, 1.165) is 0 Å². The summed E-state index contributed by atoms with van der Waals surface area (Å²) in [5, 5.41) is 11.5. The highest BCUT2D eigenvalue weighted by Crippen LogP contribution is 2.24. The van der Waals surface area contributed by atoms with E-state index >= 15 is 0 Å². The number of carboxylic acid groups (broad SMARTS) is 1.